The van der Waals surface area contributed by atoms with Crippen molar-refractivity contribution in [3.8, 4) is 35.7 Å². The highest BCUT2D eigenvalue weighted by Crippen LogP contribution is 2.35. The first kappa shape index (κ1) is 26.9. The highest BCUT2D eigenvalue weighted by molar-refractivity contribution is 14.1. The molecule has 36 heavy (non-hydrogen) atoms. The number of hydrogen-bond acceptors (Lipinski definition) is 5. The van der Waals surface area contributed by atoms with Crippen LogP contribution in [0, 0.1) is 27.2 Å². The minimum Gasteiger partial charge on any atom is -0.490 e. The van der Waals surface area contributed by atoms with Gasteiger partial charge in [0.1, 0.15) is 30.6 Å². The number of ether oxygens (including phenoxy) is 3. The van der Waals surface area contributed by atoms with Crippen LogP contribution in [0.2, 0.25) is 5.02 Å². The predicted octanol–water partition coefficient (Wildman–Crippen LogP) is 6.48. The van der Waals surface area contributed by atoms with Crippen molar-refractivity contribution in [2.75, 3.05) is 18.5 Å². The Kier molecular flexibility index (Phi) is 10.1. The van der Waals surface area contributed by atoms with Crippen molar-refractivity contribution in [2.45, 2.75) is 13.5 Å². The van der Waals surface area contributed by atoms with Gasteiger partial charge in [0.05, 0.1) is 10.2 Å². The molecule has 0 aliphatic rings. The summed E-state index contributed by atoms with van der Waals surface area (Å²) in [4.78, 5) is 12.8. The van der Waals surface area contributed by atoms with Gasteiger partial charge in [0, 0.05) is 16.3 Å². The van der Waals surface area contributed by atoms with Crippen LogP contribution in [0.15, 0.2) is 66.2 Å². The summed E-state index contributed by atoms with van der Waals surface area (Å²) in [6.45, 7) is 2.68. The third-order valence-electron chi connectivity index (χ3n) is 4.77. The van der Waals surface area contributed by atoms with Gasteiger partial charge in [0.25, 0.3) is 5.91 Å². The molecule has 0 fully saturated rings. The molecule has 3 aromatic rings. The molecule has 0 unspecified atom stereocenters. The Bertz CT molecular complexity index is 1340. The molecule has 0 aromatic heterocycles. The van der Waals surface area contributed by atoms with Crippen molar-refractivity contribution < 1.29 is 19.0 Å². The van der Waals surface area contributed by atoms with E-state index in [1.807, 2.05) is 31.2 Å². The third kappa shape index (κ3) is 7.42. The van der Waals surface area contributed by atoms with Crippen LogP contribution in [-0.2, 0) is 11.4 Å². The maximum absolute atomic E-state index is 12.8. The fraction of sp³-hybridized carbons (Fsp3) is 0.143. The van der Waals surface area contributed by atoms with Crippen LogP contribution in [0.1, 0.15) is 18.1 Å². The molecule has 0 radical (unpaired) electrons. The largest absolute Gasteiger partial charge is 0.490 e. The van der Waals surface area contributed by atoms with E-state index in [9.17, 15) is 10.1 Å². The molecule has 8 heteroatoms. The molecule has 6 nitrogen and oxygen atoms in total. The van der Waals surface area contributed by atoms with Gasteiger partial charge >= 0.3 is 0 Å². The van der Waals surface area contributed by atoms with E-state index in [0.29, 0.717) is 46.7 Å². The number of rotatable bonds is 10. The fourth-order valence-electron chi connectivity index (χ4n) is 3.11. The van der Waals surface area contributed by atoms with Crippen molar-refractivity contribution in [3.63, 3.8) is 0 Å². The Balaban J connectivity index is 1.71. The Morgan fingerprint density at radius 1 is 1.14 bits per heavy atom. The van der Waals surface area contributed by atoms with Crippen molar-refractivity contribution >= 4 is 51.9 Å². The van der Waals surface area contributed by atoms with Crippen LogP contribution in [0.4, 0.5) is 5.69 Å². The van der Waals surface area contributed by atoms with Crippen molar-refractivity contribution in [1.29, 1.82) is 5.26 Å². The summed E-state index contributed by atoms with van der Waals surface area (Å²) in [7, 11) is 0. The second-order valence-electron chi connectivity index (χ2n) is 7.28. The number of anilines is 1. The summed E-state index contributed by atoms with van der Waals surface area (Å²) in [5, 5.41) is 13.0. The summed E-state index contributed by atoms with van der Waals surface area (Å²) in [5.74, 6) is 3.51. The highest BCUT2D eigenvalue weighted by atomic mass is 127. The fourth-order valence-corrected chi connectivity index (χ4v) is 4.08. The van der Waals surface area contributed by atoms with Crippen molar-refractivity contribution in [3.05, 3.63) is 86.0 Å². The number of carbonyl (C=O) groups excluding carboxylic acids is 1. The monoisotopic (exact) mass is 612 g/mol. The molecule has 0 saturated heterocycles. The zero-order valence-electron chi connectivity index (χ0n) is 19.4. The van der Waals surface area contributed by atoms with Gasteiger partial charge in [-0.15, -0.1) is 6.42 Å². The van der Waals surface area contributed by atoms with Gasteiger partial charge in [-0.2, -0.15) is 5.26 Å². The summed E-state index contributed by atoms with van der Waals surface area (Å²) < 4.78 is 17.8. The Hall–Kier alpha value is -3.66. The number of benzene rings is 3. The van der Waals surface area contributed by atoms with Gasteiger partial charge in [-0.3, -0.25) is 4.79 Å². The maximum Gasteiger partial charge on any atom is 0.266 e. The minimum atomic E-state index is -0.539. The molecule has 0 atom stereocenters. The molecule has 0 bridgehead atoms. The number of nitrogens with one attached hydrogen (secondary N) is 1. The van der Waals surface area contributed by atoms with Crippen molar-refractivity contribution in [1.82, 2.24) is 0 Å². The third-order valence-corrected chi connectivity index (χ3v) is 5.94. The molecule has 0 aliphatic heterocycles. The van der Waals surface area contributed by atoms with Crippen LogP contribution in [0.25, 0.3) is 6.08 Å². The lowest BCUT2D eigenvalue weighted by molar-refractivity contribution is -0.112. The molecule has 182 valence electrons. The highest BCUT2D eigenvalue weighted by Gasteiger charge is 2.14. The normalized spacial score (nSPS) is 10.6. The van der Waals surface area contributed by atoms with Crippen LogP contribution in [0.3, 0.4) is 0 Å². The summed E-state index contributed by atoms with van der Waals surface area (Å²) in [6, 6.07) is 19.7. The lowest BCUT2D eigenvalue weighted by Gasteiger charge is -2.13. The molecule has 1 amide bonds. The summed E-state index contributed by atoms with van der Waals surface area (Å²) in [5.41, 5.74) is 1.95. The molecule has 3 aromatic carbocycles. The molecule has 3 rings (SSSR count). The minimum absolute atomic E-state index is 0.0652. The molecular weight excluding hydrogens is 591 g/mol. The van der Waals surface area contributed by atoms with E-state index in [-0.39, 0.29) is 12.2 Å². The van der Waals surface area contributed by atoms with Gasteiger partial charge < -0.3 is 19.5 Å². The van der Waals surface area contributed by atoms with Gasteiger partial charge in [0.15, 0.2) is 11.5 Å². The van der Waals surface area contributed by atoms with Gasteiger partial charge in [0.2, 0.25) is 0 Å². The maximum atomic E-state index is 12.8. The standard InChI is InChI=1S/C28H22ClIN2O4/c1-3-13-35-27-25(30)15-19(16-26(27)34-4-2)14-21(17-31)28(33)32-22-9-11-23(12-10-22)36-18-20-7-5-6-8-24(20)29/h1,5-12,14-16H,4,13,18H2,2H3,(H,32,33)/b21-14+. The first-order valence-electron chi connectivity index (χ1n) is 10.9. The lowest BCUT2D eigenvalue weighted by Crippen LogP contribution is -2.13. The van der Waals surface area contributed by atoms with Crippen molar-refractivity contribution in [2.24, 2.45) is 0 Å². The summed E-state index contributed by atoms with van der Waals surface area (Å²) in [6.07, 6.45) is 6.79. The predicted molar refractivity (Wildman–Crippen MR) is 149 cm³/mol. The summed E-state index contributed by atoms with van der Waals surface area (Å²) >= 11 is 8.25. The number of terminal acetylenes is 1. The molecule has 0 heterocycles. The second kappa shape index (κ2) is 13.4. The van der Waals surface area contributed by atoms with Crippen LogP contribution >= 0.6 is 34.2 Å². The van der Waals surface area contributed by atoms with Gasteiger partial charge in [-0.05, 0) is 83.6 Å². The molecule has 1 N–H and O–H groups in total. The molecule has 0 aliphatic carbocycles. The van der Waals surface area contributed by atoms with E-state index in [2.05, 4.69) is 33.8 Å². The van der Waals surface area contributed by atoms with Gasteiger partial charge in [-0.1, -0.05) is 35.7 Å². The SMILES string of the molecule is C#CCOc1c(I)cc(/C=C(\C#N)C(=O)Nc2ccc(OCc3ccccc3Cl)cc2)cc1OCC. The number of nitrogens with zero attached hydrogens (tertiary/aromatic N) is 1. The van der Waals surface area contributed by atoms with E-state index in [4.69, 9.17) is 32.2 Å². The first-order valence-corrected chi connectivity index (χ1v) is 12.3. The van der Waals surface area contributed by atoms with Crippen LogP contribution in [0.5, 0.6) is 17.2 Å². The van der Waals surface area contributed by atoms with E-state index < -0.39 is 5.91 Å². The number of hydrogen-bond donors (Lipinski definition) is 1. The molecule has 0 saturated carbocycles. The topological polar surface area (TPSA) is 80.6 Å². The number of carbonyl (C=O) groups is 1. The number of halogens is 2. The van der Waals surface area contributed by atoms with Crippen LogP contribution in [-0.4, -0.2) is 19.1 Å². The quantitative estimate of drug-likeness (QED) is 0.123. The first-order chi connectivity index (χ1) is 17.4. The van der Waals surface area contributed by atoms with Crippen LogP contribution < -0.4 is 19.5 Å². The van der Waals surface area contributed by atoms with E-state index >= 15 is 0 Å². The second-order valence-corrected chi connectivity index (χ2v) is 8.85. The average Bonchev–Trinajstić information content (AvgIpc) is 2.87. The Morgan fingerprint density at radius 3 is 2.56 bits per heavy atom. The number of nitriles is 1. The van der Waals surface area contributed by atoms with E-state index in [1.54, 1.807) is 42.5 Å². The van der Waals surface area contributed by atoms with Gasteiger partial charge in [-0.25, -0.2) is 0 Å². The lowest BCUT2D eigenvalue weighted by atomic mass is 10.1. The zero-order valence-corrected chi connectivity index (χ0v) is 22.3. The Labute approximate surface area is 229 Å². The van der Waals surface area contributed by atoms with E-state index in [0.717, 1.165) is 9.13 Å². The number of amides is 1. The molecule has 0 spiro atoms. The Morgan fingerprint density at radius 2 is 1.89 bits per heavy atom. The molecular formula is C28H22ClIN2O4. The zero-order chi connectivity index (χ0) is 25.9. The smallest absolute Gasteiger partial charge is 0.266 e. The van der Waals surface area contributed by atoms with E-state index in [1.165, 1.54) is 6.08 Å². The average molecular weight is 613 g/mol.